The number of hydrogen-bond donors (Lipinski definition) is 1. The summed E-state index contributed by atoms with van der Waals surface area (Å²) in [6.45, 7) is 4.14. The zero-order chi connectivity index (χ0) is 35.3. The predicted molar refractivity (Wildman–Crippen MR) is 213 cm³/mol. The molecule has 8 rings (SSSR count). The summed E-state index contributed by atoms with van der Waals surface area (Å²) in [6, 6.07) is 51.1. The Kier molecular flexibility index (Phi) is 11.2. The van der Waals surface area contributed by atoms with E-state index in [0.717, 1.165) is 73.6 Å². The zero-order valence-electron chi connectivity index (χ0n) is 29.7. The van der Waals surface area contributed by atoms with Crippen LogP contribution in [0.3, 0.4) is 0 Å². The molecule has 1 unspecified atom stereocenters. The number of H-pyrrole nitrogens is 1. The standard InChI is InChI=1S/C47H37N5.U/c1-32(34-13-6-3-7-14-34)49-46(38-17-10-5-11-18-38)50-33(2)35-21-23-37(24-22-35)39-19-12-20-40(29-39)41-25-27-43-45(30-41)52-47(51-43)44-28-26-42(31-48-44)36-15-8-4-9-16-36;/h3-18,20-23,25-28,30-31,33,40H,29H2,1-2H3,(H,51,52);/q-2;+2/t33-,40?;/m1./s1. The minimum absolute atomic E-state index is 0. The first-order chi connectivity index (χ1) is 25.6. The second-order valence-corrected chi connectivity index (χ2v) is 13.0. The van der Waals surface area contributed by atoms with E-state index in [9.17, 15) is 0 Å². The Labute approximate surface area is 334 Å². The van der Waals surface area contributed by atoms with E-state index in [1.165, 1.54) is 5.56 Å². The van der Waals surface area contributed by atoms with Crippen molar-refractivity contribution in [2.45, 2.75) is 32.2 Å². The van der Waals surface area contributed by atoms with Crippen LogP contribution in [0.25, 0.3) is 39.3 Å². The molecule has 0 spiro atoms. The molecule has 0 amide bonds. The molecule has 0 fully saturated rings. The Bertz CT molecular complexity index is 2430. The molecule has 7 aromatic rings. The summed E-state index contributed by atoms with van der Waals surface area (Å²) in [4.78, 5) is 23.2. The monoisotopic (exact) mass is 909 g/mol. The molecule has 2 aromatic heterocycles. The molecule has 0 bridgehead atoms. The Hall–Kier alpha value is -5.41. The topological polar surface area (TPSA) is 66.3 Å². The summed E-state index contributed by atoms with van der Waals surface area (Å²) >= 11 is 0. The first kappa shape index (κ1) is 36.0. The average molecular weight is 910 g/mol. The van der Waals surface area contributed by atoms with Crippen LogP contribution in [0.15, 0.2) is 168 Å². The van der Waals surface area contributed by atoms with Crippen LogP contribution < -0.4 is 0 Å². The van der Waals surface area contributed by atoms with Crippen LogP contribution in [0.4, 0.5) is 0 Å². The quantitative estimate of drug-likeness (QED) is 0.0938. The van der Waals surface area contributed by atoms with E-state index >= 15 is 0 Å². The van der Waals surface area contributed by atoms with Gasteiger partial charge < -0.3 is 4.98 Å². The Morgan fingerprint density at radius 3 is 2.25 bits per heavy atom. The molecule has 5 aromatic carbocycles. The van der Waals surface area contributed by atoms with Crippen molar-refractivity contribution in [1.82, 2.24) is 15.0 Å². The van der Waals surface area contributed by atoms with E-state index in [0.29, 0.717) is 5.84 Å². The number of imidazole rings is 1. The van der Waals surface area contributed by atoms with Crippen molar-refractivity contribution >= 4 is 28.2 Å². The molecular weight excluding hydrogens is 873 g/mol. The predicted octanol–water partition coefficient (Wildman–Crippen LogP) is 11.0. The van der Waals surface area contributed by atoms with E-state index in [1.807, 2.05) is 79.9 Å². The van der Waals surface area contributed by atoms with Gasteiger partial charge in [0.1, 0.15) is 5.69 Å². The molecule has 1 aliphatic rings. The first-order valence-electron chi connectivity index (χ1n) is 17.6. The third kappa shape index (κ3) is 8.31. The Morgan fingerprint density at radius 1 is 0.811 bits per heavy atom. The van der Waals surface area contributed by atoms with Gasteiger partial charge in [0, 0.05) is 29.1 Å². The fourth-order valence-electron chi connectivity index (χ4n) is 6.54. The van der Waals surface area contributed by atoms with Crippen LogP contribution in [0.5, 0.6) is 0 Å². The number of allylic oxidation sites excluding steroid dienone is 4. The molecular formula is C47H37N5U. The van der Waals surface area contributed by atoms with E-state index < -0.39 is 0 Å². The number of benzene rings is 5. The molecule has 0 aliphatic heterocycles. The largest absolute Gasteiger partial charge is 2.00 e. The number of pyridine rings is 1. The number of amidine groups is 1. The number of aliphatic imine (C=N–C) groups is 2. The number of aromatic nitrogens is 3. The fraction of sp³-hybridized carbons (Fsp3) is 0.106. The van der Waals surface area contributed by atoms with Gasteiger partial charge in [-0.2, -0.15) is 30.4 Å². The van der Waals surface area contributed by atoms with Gasteiger partial charge >= 0.3 is 31.1 Å². The van der Waals surface area contributed by atoms with Crippen molar-refractivity contribution in [2.24, 2.45) is 9.98 Å². The van der Waals surface area contributed by atoms with Gasteiger partial charge in [0.05, 0.1) is 11.0 Å². The normalized spacial score (nSPS) is 15.1. The third-order valence-corrected chi connectivity index (χ3v) is 9.51. The van der Waals surface area contributed by atoms with Crippen LogP contribution in [-0.4, -0.2) is 26.5 Å². The van der Waals surface area contributed by atoms with E-state index in [1.54, 1.807) is 0 Å². The number of rotatable bonds is 8. The maximum Gasteiger partial charge on any atom is 2.00 e. The summed E-state index contributed by atoms with van der Waals surface area (Å²) in [5.41, 5.74) is 12.5. The summed E-state index contributed by atoms with van der Waals surface area (Å²) in [5.74, 6) is 1.70. The minimum Gasteiger partial charge on any atom is -0.337 e. The molecule has 6 heteroatoms. The van der Waals surface area contributed by atoms with Gasteiger partial charge in [-0.1, -0.05) is 115 Å². The van der Waals surface area contributed by atoms with Gasteiger partial charge in [0.25, 0.3) is 0 Å². The zero-order valence-corrected chi connectivity index (χ0v) is 33.8. The third-order valence-electron chi connectivity index (χ3n) is 9.51. The maximum atomic E-state index is 5.10. The van der Waals surface area contributed by atoms with Crippen LogP contribution >= 0.6 is 0 Å². The van der Waals surface area contributed by atoms with Gasteiger partial charge in [0.15, 0.2) is 11.7 Å². The summed E-state index contributed by atoms with van der Waals surface area (Å²) in [5, 5.41) is 0. The average Bonchev–Trinajstić information content (AvgIpc) is 3.65. The van der Waals surface area contributed by atoms with E-state index in [-0.39, 0.29) is 43.1 Å². The van der Waals surface area contributed by atoms with E-state index in [2.05, 4.69) is 109 Å². The fourth-order valence-corrected chi connectivity index (χ4v) is 6.54. The Balaban J connectivity index is 0.00000435. The number of fused-ring (bicyclic) bond motifs is 1. The maximum absolute atomic E-state index is 5.10. The molecule has 0 saturated carbocycles. The molecule has 53 heavy (non-hydrogen) atoms. The summed E-state index contributed by atoms with van der Waals surface area (Å²) in [6.07, 6.45) is 10.5. The van der Waals surface area contributed by atoms with Crippen LogP contribution in [0.2, 0.25) is 0 Å². The SMILES string of the molecule is CC(=NC(=N[C@H](C)c1c[c-]c(C2=[C-]C=CC(c3ccc4nc(-c5ccc(-c6ccccc6)cn5)[nH]c4c3)C2)cc1)c1ccccc1)c1ccccc1.[U+2]. The van der Waals surface area contributed by atoms with Crippen molar-refractivity contribution in [1.29, 1.82) is 0 Å². The van der Waals surface area contributed by atoms with Gasteiger partial charge in [-0.3, -0.25) is 9.98 Å². The van der Waals surface area contributed by atoms with Crippen LogP contribution in [-0.2, 0) is 0 Å². The summed E-state index contributed by atoms with van der Waals surface area (Å²) < 4.78 is 0. The van der Waals surface area contributed by atoms with Gasteiger partial charge in [-0.25, -0.2) is 33.3 Å². The molecule has 2 atom stereocenters. The van der Waals surface area contributed by atoms with Crippen molar-refractivity contribution in [3.63, 3.8) is 0 Å². The van der Waals surface area contributed by atoms with Crippen molar-refractivity contribution in [3.05, 3.63) is 198 Å². The second kappa shape index (κ2) is 16.5. The Morgan fingerprint density at radius 2 is 1.55 bits per heavy atom. The second-order valence-electron chi connectivity index (χ2n) is 13.0. The number of aromatic amines is 1. The van der Waals surface area contributed by atoms with Gasteiger partial charge in [0.2, 0.25) is 0 Å². The van der Waals surface area contributed by atoms with Gasteiger partial charge in [-0.05, 0) is 49.1 Å². The number of nitrogens with one attached hydrogen (secondary N) is 1. The molecule has 5 nitrogen and oxygen atoms in total. The van der Waals surface area contributed by atoms with E-state index in [4.69, 9.17) is 20.0 Å². The van der Waals surface area contributed by atoms with Crippen LogP contribution in [0.1, 0.15) is 60.0 Å². The molecule has 254 valence electrons. The first-order valence-corrected chi connectivity index (χ1v) is 17.6. The van der Waals surface area contributed by atoms with Crippen molar-refractivity contribution < 1.29 is 31.1 Å². The van der Waals surface area contributed by atoms with Gasteiger partial charge in [-0.15, -0.1) is 5.56 Å². The smallest absolute Gasteiger partial charge is 0.337 e. The summed E-state index contributed by atoms with van der Waals surface area (Å²) in [7, 11) is 0. The molecule has 2 heterocycles. The molecule has 0 radical (unpaired) electrons. The molecule has 1 N–H and O–H groups in total. The minimum atomic E-state index is -0.104. The van der Waals surface area contributed by atoms with Crippen LogP contribution in [0, 0.1) is 43.3 Å². The van der Waals surface area contributed by atoms with Crippen molar-refractivity contribution in [2.75, 3.05) is 0 Å². The van der Waals surface area contributed by atoms with Crippen molar-refractivity contribution in [3.8, 4) is 22.6 Å². The number of hydrogen-bond acceptors (Lipinski definition) is 3. The molecule has 1 aliphatic carbocycles. The molecule has 0 saturated heterocycles. The number of nitrogens with zero attached hydrogens (tertiary/aromatic N) is 4.